The minimum absolute atomic E-state index is 0.00897. The van der Waals surface area contributed by atoms with Crippen LogP contribution in [0.3, 0.4) is 0 Å². The van der Waals surface area contributed by atoms with Crippen LogP contribution in [-0.2, 0) is 36.8 Å². The third-order valence-electron chi connectivity index (χ3n) is 10.1. The molecule has 12 N–H and O–H groups in total. The summed E-state index contributed by atoms with van der Waals surface area (Å²) in [6, 6.07) is 14.1. The lowest BCUT2D eigenvalue weighted by Crippen LogP contribution is -2.58. The maximum atomic E-state index is 14.6. The first-order valence-electron chi connectivity index (χ1n) is 18.7. The van der Waals surface area contributed by atoms with Gasteiger partial charge in [0.1, 0.15) is 36.0 Å². The number of nitrogens with two attached hydrogens (primary N) is 4. The van der Waals surface area contributed by atoms with Crippen molar-refractivity contribution < 1.29 is 29.1 Å². The lowest BCUT2D eigenvalue weighted by Gasteiger charge is -2.33. The molecular weight excluding hydrogens is 718 g/mol. The Bertz CT molecular complexity index is 1960. The number of phenols is 1. The largest absolute Gasteiger partial charge is 0.508 e. The number of hydrogen-bond donors (Lipinski definition) is 8. The van der Waals surface area contributed by atoms with Crippen LogP contribution in [0.15, 0.2) is 76.7 Å². The van der Waals surface area contributed by atoms with Gasteiger partial charge in [-0.15, -0.1) is 0 Å². The topological polar surface area (TPSA) is 277 Å². The predicted molar refractivity (Wildman–Crippen MR) is 212 cm³/mol. The number of hydrogen-bond acceptors (Lipinski definition) is 8. The van der Waals surface area contributed by atoms with Crippen LogP contribution in [0.4, 0.5) is 0 Å². The Morgan fingerprint density at radius 2 is 1.34 bits per heavy atom. The smallest absolute Gasteiger partial charge is 0.246 e. The number of carbonyl (C=O) groups excluding carboxylic acids is 5. The van der Waals surface area contributed by atoms with Crippen molar-refractivity contribution >= 4 is 52.2 Å². The van der Waals surface area contributed by atoms with Crippen molar-refractivity contribution in [1.82, 2.24) is 25.8 Å². The Morgan fingerprint density at radius 1 is 0.714 bits per heavy atom. The zero-order valence-electron chi connectivity index (χ0n) is 31.4. The zero-order valence-corrected chi connectivity index (χ0v) is 31.4. The molecule has 298 valence electrons. The number of rotatable bonds is 11. The van der Waals surface area contributed by atoms with Gasteiger partial charge in [-0.25, -0.2) is 0 Å². The number of fused-ring (bicyclic) bond motifs is 2. The van der Waals surface area contributed by atoms with Crippen molar-refractivity contribution in [2.45, 2.75) is 75.2 Å². The number of guanidine groups is 2. The fourth-order valence-electron chi connectivity index (χ4n) is 7.17. The van der Waals surface area contributed by atoms with Gasteiger partial charge in [-0.05, 0) is 66.1 Å². The molecule has 0 aromatic heterocycles. The van der Waals surface area contributed by atoms with Gasteiger partial charge in [0.15, 0.2) is 11.9 Å². The van der Waals surface area contributed by atoms with Gasteiger partial charge >= 0.3 is 0 Å². The Hall–Kier alpha value is -6.39. The van der Waals surface area contributed by atoms with Gasteiger partial charge in [-0.1, -0.05) is 54.6 Å². The molecule has 5 rings (SSSR count). The van der Waals surface area contributed by atoms with E-state index in [-0.39, 0.29) is 69.4 Å². The number of carbonyl (C=O) groups is 5. The highest BCUT2D eigenvalue weighted by Crippen LogP contribution is 2.23. The molecule has 0 radical (unpaired) electrons. The first kappa shape index (κ1) is 40.8. The van der Waals surface area contributed by atoms with Gasteiger partial charge in [-0.3, -0.25) is 34.0 Å². The summed E-state index contributed by atoms with van der Waals surface area (Å²) in [6.45, 7) is 0.383. The maximum absolute atomic E-state index is 14.6. The Morgan fingerprint density at radius 3 is 2.05 bits per heavy atom. The van der Waals surface area contributed by atoms with Crippen LogP contribution in [0, 0.1) is 0 Å². The summed E-state index contributed by atoms with van der Waals surface area (Å²) >= 11 is 0. The van der Waals surface area contributed by atoms with Crippen molar-refractivity contribution in [3.63, 3.8) is 0 Å². The van der Waals surface area contributed by atoms with Crippen molar-refractivity contribution in [2.75, 3.05) is 26.7 Å². The fraction of sp³-hybridized carbons (Fsp3) is 0.410. The maximum Gasteiger partial charge on any atom is 0.246 e. The van der Waals surface area contributed by atoms with E-state index in [1.165, 1.54) is 29.0 Å². The third kappa shape index (κ3) is 10.6. The zero-order chi connectivity index (χ0) is 40.4. The molecule has 5 amide bonds. The van der Waals surface area contributed by atoms with Crippen molar-refractivity contribution in [3.05, 3.63) is 77.9 Å². The lowest BCUT2D eigenvalue weighted by molar-refractivity contribution is -0.144. The molecule has 0 unspecified atom stereocenters. The highest BCUT2D eigenvalue weighted by Gasteiger charge is 2.41. The molecule has 2 fully saturated rings. The van der Waals surface area contributed by atoms with Gasteiger partial charge in [0.2, 0.25) is 29.5 Å². The van der Waals surface area contributed by atoms with E-state index < -0.39 is 59.7 Å². The van der Waals surface area contributed by atoms with Crippen LogP contribution in [0.1, 0.15) is 43.2 Å². The number of likely N-dealkylation sites (N-methyl/N-ethyl adjacent to an activating group) is 1. The number of nitrogens with zero attached hydrogens (tertiary/aromatic N) is 4. The first-order valence-corrected chi connectivity index (χ1v) is 18.7. The summed E-state index contributed by atoms with van der Waals surface area (Å²) < 4.78 is 0. The van der Waals surface area contributed by atoms with Gasteiger partial charge in [0, 0.05) is 39.5 Å². The third-order valence-corrected chi connectivity index (χ3v) is 10.1. The van der Waals surface area contributed by atoms with Gasteiger partial charge < -0.3 is 53.8 Å². The minimum atomic E-state index is -1.18. The van der Waals surface area contributed by atoms with E-state index in [2.05, 4.69) is 25.9 Å². The second kappa shape index (κ2) is 18.8. The molecule has 17 heteroatoms. The van der Waals surface area contributed by atoms with Crippen LogP contribution in [0.5, 0.6) is 5.75 Å². The first-order chi connectivity index (χ1) is 26.8. The summed E-state index contributed by atoms with van der Waals surface area (Å²) in [7, 11) is 1.43. The number of nitrogens with one attached hydrogen (secondary N) is 3. The molecule has 3 aromatic carbocycles. The molecule has 2 saturated heterocycles. The van der Waals surface area contributed by atoms with E-state index in [1.54, 1.807) is 12.1 Å². The lowest BCUT2D eigenvalue weighted by atomic mass is 9.99. The molecule has 2 aliphatic rings. The predicted octanol–water partition coefficient (Wildman–Crippen LogP) is -0.666. The summed E-state index contributed by atoms with van der Waals surface area (Å²) in [4.78, 5) is 82.2. The number of phenolic OH excluding ortho intramolecular Hbond substituents is 1. The van der Waals surface area contributed by atoms with Crippen molar-refractivity contribution in [1.29, 1.82) is 0 Å². The number of amides is 5. The van der Waals surface area contributed by atoms with Gasteiger partial charge in [-0.2, -0.15) is 0 Å². The molecule has 2 aliphatic heterocycles. The average molecular weight is 770 g/mol. The van der Waals surface area contributed by atoms with Crippen LogP contribution in [0.25, 0.3) is 10.8 Å². The Kier molecular flexibility index (Phi) is 13.7. The normalized spacial score (nSPS) is 22.3. The van der Waals surface area contributed by atoms with E-state index >= 15 is 0 Å². The quantitative estimate of drug-likeness (QED) is 0.0692. The summed E-state index contributed by atoms with van der Waals surface area (Å²) in [5.41, 5.74) is 23.6. The van der Waals surface area contributed by atoms with Gasteiger partial charge in [0.25, 0.3) is 0 Å². The molecule has 17 nitrogen and oxygen atoms in total. The minimum Gasteiger partial charge on any atom is -0.508 e. The fourth-order valence-corrected chi connectivity index (χ4v) is 7.17. The number of aliphatic imine (C=N–C) groups is 2. The van der Waals surface area contributed by atoms with E-state index in [0.29, 0.717) is 18.4 Å². The molecule has 2 heterocycles. The molecule has 0 aliphatic carbocycles. The second-order valence-electron chi connectivity index (χ2n) is 14.1. The Labute approximate surface area is 324 Å². The van der Waals surface area contributed by atoms with E-state index in [9.17, 15) is 29.1 Å². The highest BCUT2D eigenvalue weighted by molar-refractivity contribution is 5.98. The van der Waals surface area contributed by atoms with E-state index in [0.717, 1.165) is 16.3 Å². The summed E-state index contributed by atoms with van der Waals surface area (Å²) in [5, 5.41) is 20.4. The highest BCUT2D eigenvalue weighted by atomic mass is 16.3. The molecule has 5 atom stereocenters. The molecule has 0 saturated carbocycles. The van der Waals surface area contributed by atoms with Crippen molar-refractivity contribution in [2.24, 2.45) is 32.9 Å². The monoisotopic (exact) mass is 769 g/mol. The van der Waals surface area contributed by atoms with Crippen LogP contribution in [0.2, 0.25) is 0 Å². The van der Waals surface area contributed by atoms with Crippen LogP contribution >= 0.6 is 0 Å². The number of aromatic hydroxyl groups is 1. The number of benzene rings is 3. The van der Waals surface area contributed by atoms with Crippen molar-refractivity contribution in [3.8, 4) is 5.75 Å². The standard InChI is InChI=1S/C39H51N11O6/c1-49-31(16-18-45-39(42)43)34(53)48-30(22-24-10-13-25-6-2-3-7-26(25)20-24)37(56)50-19-5-9-32(50)35(54)47-29(21-23-11-14-27(51)15-12-23)33(52)46-28(36(49)55)8-4-17-44-38(40)41/h2-3,6-7,10-15,20,28-32,51H,4-5,8-9,16-19,21-22H2,1H3,(H,46,52)(H,47,54)(H,48,53)(H4,40,41,44)(H4,42,43,45)/t28-,29+,30-,31-,32-/m0/s1. The molecular formula is C39H51N11O6. The summed E-state index contributed by atoms with van der Waals surface area (Å²) in [5.74, 6) is -3.27. The molecule has 3 aromatic rings. The van der Waals surface area contributed by atoms with E-state index in [1.807, 2.05) is 42.5 Å². The van der Waals surface area contributed by atoms with Gasteiger partial charge in [0.05, 0.1) is 0 Å². The second-order valence-corrected chi connectivity index (χ2v) is 14.1. The van der Waals surface area contributed by atoms with Crippen LogP contribution in [-0.4, -0.2) is 113 Å². The molecule has 0 bridgehead atoms. The van der Waals surface area contributed by atoms with E-state index in [4.69, 9.17) is 22.9 Å². The summed E-state index contributed by atoms with van der Waals surface area (Å²) in [6.07, 6.45) is 1.29. The molecule has 56 heavy (non-hydrogen) atoms. The SMILES string of the molecule is CN1C(=O)[C@H](CCCN=C(N)N)NC(=O)[C@@H](Cc2ccc(O)cc2)NC(=O)[C@@H]2CCCN2C(=O)[C@H](Cc2ccc3ccccc3c2)NC(=O)[C@@H]1CCN=C(N)N. The molecule has 0 spiro atoms. The Balaban J connectivity index is 1.56. The van der Waals surface area contributed by atoms with Crippen LogP contribution < -0.4 is 38.9 Å². The average Bonchev–Trinajstić information content (AvgIpc) is 3.67.